The number of para-hydroxylation sites is 1. The van der Waals surface area contributed by atoms with Gasteiger partial charge in [0, 0.05) is 48.7 Å². The van der Waals surface area contributed by atoms with E-state index in [1.54, 1.807) is 0 Å². The Hall–Kier alpha value is -6.42. The van der Waals surface area contributed by atoms with Crippen LogP contribution in [0.5, 0.6) is 11.5 Å². The van der Waals surface area contributed by atoms with Crippen molar-refractivity contribution in [2.45, 2.75) is 64.2 Å². The number of hydrogen-bond acceptors (Lipinski definition) is 3. The first kappa shape index (κ1) is 39.0. The van der Waals surface area contributed by atoms with Gasteiger partial charge in [-0.1, -0.05) is 135 Å². The normalized spacial score (nSPS) is 21.1. The molecular weight excluding hydrogens is 807 g/mol. The van der Waals surface area contributed by atoms with Crippen molar-refractivity contribution in [2.24, 2.45) is 23.7 Å². The molecule has 65 heavy (non-hydrogen) atoms. The van der Waals surface area contributed by atoms with Gasteiger partial charge in [-0.05, 0) is 173 Å². The number of benzene rings is 8. The largest absolute Gasteiger partial charge is 0.457 e. The molecule has 0 atom stereocenters. The van der Waals surface area contributed by atoms with Crippen LogP contribution in [-0.4, -0.2) is 0 Å². The summed E-state index contributed by atoms with van der Waals surface area (Å²) in [5.74, 6) is 5.81. The minimum atomic E-state index is -0.125. The Morgan fingerprint density at radius 3 is 1.91 bits per heavy atom. The summed E-state index contributed by atoms with van der Waals surface area (Å²) in [5.41, 5.74) is 16.2. The fourth-order valence-electron chi connectivity index (χ4n) is 13.3. The molecule has 0 spiro atoms. The molecule has 4 fully saturated rings. The van der Waals surface area contributed by atoms with Crippen LogP contribution < -0.4 is 9.64 Å². The summed E-state index contributed by atoms with van der Waals surface area (Å²) in [7, 11) is 0. The number of aryl methyl sites for hydroxylation is 1. The standard InChI is InChI=1S/C62H53NOS/c1-38-13-4-10-20-56(38)64-57-37-46(28-30-52(57)60-42-32-39-31-40(34-42)35-43(60)33-39)63(45-27-29-50-49-16-7-9-19-54(49)62(2,3)55(50)36-45)44-25-23-41(24-26-44)47-14-5-6-15-48(47)51-18-12-22-59-61(51)53-17-8-11-21-58(53)65-59/h4-30,36-37,39-40,42-43,60H,31-35H2,1-3H3. The molecule has 5 aliphatic rings. The molecule has 9 aromatic rings. The van der Waals surface area contributed by atoms with E-state index in [-0.39, 0.29) is 5.41 Å². The van der Waals surface area contributed by atoms with Crippen molar-refractivity contribution >= 4 is 48.6 Å². The van der Waals surface area contributed by atoms with Gasteiger partial charge in [-0.3, -0.25) is 0 Å². The van der Waals surface area contributed by atoms with Gasteiger partial charge < -0.3 is 9.64 Å². The van der Waals surface area contributed by atoms with Gasteiger partial charge in [0.15, 0.2) is 0 Å². The van der Waals surface area contributed by atoms with E-state index in [0.717, 1.165) is 57.8 Å². The van der Waals surface area contributed by atoms with Crippen LogP contribution in [0.1, 0.15) is 74.1 Å². The Balaban J connectivity index is 0.956. The third-order valence-electron chi connectivity index (χ3n) is 16.0. The van der Waals surface area contributed by atoms with E-state index >= 15 is 0 Å². The van der Waals surface area contributed by atoms with Crippen LogP contribution in [0.3, 0.4) is 0 Å². The highest BCUT2D eigenvalue weighted by Crippen LogP contribution is 2.61. The van der Waals surface area contributed by atoms with E-state index in [0.29, 0.717) is 5.92 Å². The highest BCUT2D eigenvalue weighted by atomic mass is 32.1. The van der Waals surface area contributed by atoms with Crippen molar-refractivity contribution in [3.8, 4) is 44.9 Å². The fourth-order valence-corrected chi connectivity index (χ4v) is 14.4. The van der Waals surface area contributed by atoms with Gasteiger partial charge in [-0.25, -0.2) is 0 Å². The molecule has 3 heteroatoms. The lowest BCUT2D eigenvalue weighted by molar-refractivity contribution is -0.00335. The molecule has 0 radical (unpaired) electrons. The average Bonchev–Trinajstić information content (AvgIpc) is 3.82. The van der Waals surface area contributed by atoms with Gasteiger partial charge >= 0.3 is 0 Å². The number of fused-ring (bicyclic) bond motifs is 6. The van der Waals surface area contributed by atoms with Crippen LogP contribution in [0.15, 0.2) is 176 Å². The quantitative estimate of drug-likeness (QED) is 0.151. The van der Waals surface area contributed by atoms with E-state index in [1.165, 1.54) is 102 Å². The first-order chi connectivity index (χ1) is 31.9. The molecule has 0 saturated heterocycles. The van der Waals surface area contributed by atoms with Crippen LogP contribution in [-0.2, 0) is 5.41 Å². The topological polar surface area (TPSA) is 12.5 Å². The van der Waals surface area contributed by atoms with Crippen molar-refractivity contribution in [2.75, 3.05) is 4.90 Å². The maximum atomic E-state index is 7.17. The predicted octanol–water partition coefficient (Wildman–Crippen LogP) is 17.8. The van der Waals surface area contributed by atoms with Crippen molar-refractivity contribution in [1.29, 1.82) is 0 Å². The van der Waals surface area contributed by atoms with Crippen LogP contribution in [0.25, 0.3) is 53.6 Å². The maximum Gasteiger partial charge on any atom is 0.133 e. The van der Waals surface area contributed by atoms with Gasteiger partial charge in [0.05, 0.1) is 0 Å². The monoisotopic (exact) mass is 859 g/mol. The molecule has 14 rings (SSSR count). The summed E-state index contributed by atoms with van der Waals surface area (Å²) in [6, 6.07) is 65.7. The van der Waals surface area contributed by atoms with Crippen molar-refractivity contribution in [3.05, 3.63) is 198 Å². The van der Waals surface area contributed by atoms with Crippen LogP contribution in [0.2, 0.25) is 0 Å². The van der Waals surface area contributed by atoms with Gasteiger partial charge in [0.1, 0.15) is 11.5 Å². The van der Waals surface area contributed by atoms with Crippen molar-refractivity contribution in [3.63, 3.8) is 0 Å². The summed E-state index contributed by atoms with van der Waals surface area (Å²) in [6.45, 7) is 6.93. The summed E-state index contributed by atoms with van der Waals surface area (Å²) in [4.78, 5) is 2.47. The molecular formula is C62H53NOS. The molecule has 0 aliphatic heterocycles. The van der Waals surface area contributed by atoms with E-state index < -0.39 is 0 Å². The molecule has 4 saturated carbocycles. The number of thiophene rings is 1. The summed E-state index contributed by atoms with van der Waals surface area (Å²) >= 11 is 1.88. The molecule has 8 aromatic carbocycles. The lowest BCUT2D eigenvalue weighted by Gasteiger charge is -2.54. The third-order valence-corrected chi connectivity index (χ3v) is 17.2. The van der Waals surface area contributed by atoms with E-state index in [9.17, 15) is 0 Å². The Kier molecular flexibility index (Phi) is 9.04. The molecule has 2 nitrogen and oxygen atoms in total. The first-order valence-corrected chi connectivity index (χ1v) is 24.7. The minimum absolute atomic E-state index is 0.125. The SMILES string of the molecule is Cc1ccccc1Oc1cc(N(c2ccc(-c3ccccc3-c3cccc4sc5ccccc5c34)cc2)c2ccc3c(c2)C(C)(C)c2ccccc2-3)ccc1C1C2CC3CC(C2)CC1C3. The molecule has 1 aromatic heterocycles. The van der Waals surface area contributed by atoms with Gasteiger partial charge in [0.2, 0.25) is 0 Å². The number of rotatable bonds is 8. The summed E-state index contributed by atoms with van der Waals surface area (Å²) in [5, 5.41) is 2.66. The Labute approximate surface area is 387 Å². The second kappa shape index (κ2) is 15.1. The minimum Gasteiger partial charge on any atom is -0.457 e. The fraction of sp³-hybridized carbons (Fsp3) is 0.226. The molecule has 4 bridgehead atoms. The van der Waals surface area contributed by atoms with Crippen molar-refractivity contribution in [1.82, 2.24) is 0 Å². The zero-order valence-corrected chi connectivity index (χ0v) is 38.2. The van der Waals surface area contributed by atoms with Crippen molar-refractivity contribution < 1.29 is 4.74 Å². The van der Waals surface area contributed by atoms with Gasteiger partial charge in [-0.2, -0.15) is 0 Å². The smallest absolute Gasteiger partial charge is 0.133 e. The highest BCUT2D eigenvalue weighted by molar-refractivity contribution is 7.25. The lowest BCUT2D eigenvalue weighted by atomic mass is 9.50. The van der Waals surface area contributed by atoms with E-state index in [1.807, 2.05) is 11.3 Å². The molecule has 1 heterocycles. The average molecular weight is 860 g/mol. The highest BCUT2D eigenvalue weighted by Gasteiger charge is 2.49. The number of ether oxygens (including phenoxy) is 1. The second-order valence-corrected chi connectivity index (χ2v) is 21.2. The van der Waals surface area contributed by atoms with E-state index in [4.69, 9.17) is 4.74 Å². The summed E-state index contributed by atoms with van der Waals surface area (Å²) in [6.07, 6.45) is 6.94. The molecule has 318 valence electrons. The zero-order valence-electron chi connectivity index (χ0n) is 37.4. The van der Waals surface area contributed by atoms with Crippen LogP contribution in [0, 0.1) is 30.6 Å². The Morgan fingerprint density at radius 2 is 1.11 bits per heavy atom. The molecule has 0 amide bonds. The van der Waals surface area contributed by atoms with E-state index in [2.05, 4.69) is 202 Å². The summed E-state index contributed by atoms with van der Waals surface area (Å²) < 4.78 is 9.82. The number of anilines is 3. The zero-order chi connectivity index (χ0) is 43.4. The molecule has 0 N–H and O–H groups in total. The first-order valence-electron chi connectivity index (χ1n) is 23.9. The molecule has 0 unspecified atom stereocenters. The third kappa shape index (κ3) is 6.33. The van der Waals surface area contributed by atoms with Gasteiger partial charge in [0.25, 0.3) is 0 Å². The number of hydrogen-bond donors (Lipinski definition) is 0. The maximum absolute atomic E-state index is 7.17. The lowest BCUT2D eigenvalue weighted by Crippen LogP contribution is -2.43. The number of nitrogens with zero attached hydrogens (tertiary/aromatic N) is 1. The Morgan fingerprint density at radius 1 is 0.492 bits per heavy atom. The van der Waals surface area contributed by atoms with Crippen LogP contribution in [0.4, 0.5) is 17.1 Å². The Bertz CT molecular complexity index is 3290. The predicted molar refractivity (Wildman–Crippen MR) is 273 cm³/mol. The van der Waals surface area contributed by atoms with Gasteiger partial charge in [-0.15, -0.1) is 11.3 Å². The second-order valence-electron chi connectivity index (χ2n) is 20.2. The molecule has 5 aliphatic carbocycles. The van der Waals surface area contributed by atoms with Crippen LogP contribution >= 0.6 is 11.3 Å².